The number of aryl methyl sites for hydroxylation is 1. The van der Waals surface area contributed by atoms with E-state index in [1.165, 1.54) is 0 Å². The fraction of sp³-hybridized carbons (Fsp3) is 0.0303. The summed E-state index contributed by atoms with van der Waals surface area (Å²) in [5.74, 6) is 0.894. The Labute approximate surface area is 235 Å². The Hall–Kier alpha value is -5.76. The second-order valence-electron chi connectivity index (χ2n) is 9.63. The lowest BCUT2D eigenvalue weighted by Gasteiger charge is -2.22. The third-order valence-corrected chi connectivity index (χ3v) is 6.98. The first-order chi connectivity index (χ1) is 20.1. The molecule has 0 radical (unpaired) electrons. The van der Waals surface area contributed by atoms with Gasteiger partial charge in [-0.15, -0.1) is 0 Å². The molecular formula is C33H23N5O3. The molecular weight excluding hydrogens is 514 g/mol. The number of fused-ring (bicyclic) bond motifs is 2. The number of nitrogen functional groups attached to an aromatic ring is 1. The van der Waals surface area contributed by atoms with Crippen molar-refractivity contribution in [2.24, 2.45) is 0 Å². The highest BCUT2D eigenvalue weighted by Gasteiger charge is 2.29. The van der Waals surface area contributed by atoms with Crippen LogP contribution in [0.3, 0.4) is 0 Å². The molecule has 4 heterocycles. The van der Waals surface area contributed by atoms with E-state index in [-0.39, 0.29) is 11.4 Å². The number of rotatable bonds is 5. The van der Waals surface area contributed by atoms with E-state index in [9.17, 15) is 4.79 Å². The minimum absolute atomic E-state index is 0.00327. The molecule has 0 fully saturated rings. The van der Waals surface area contributed by atoms with E-state index in [1.54, 1.807) is 13.0 Å². The number of nitrogens with zero attached hydrogens (tertiary/aromatic N) is 3. The topological polar surface area (TPSA) is 116 Å². The molecule has 1 aliphatic rings. The number of hydrogen-bond acceptors (Lipinski definition) is 7. The number of aromatic nitrogens is 3. The van der Waals surface area contributed by atoms with Crippen molar-refractivity contribution < 1.29 is 14.1 Å². The number of ether oxygens (including phenoxy) is 1. The van der Waals surface area contributed by atoms with E-state index in [1.807, 2.05) is 97.1 Å². The number of nitrogens with two attached hydrogens (primary N) is 1. The Morgan fingerprint density at radius 3 is 2.41 bits per heavy atom. The molecule has 41 heavy (non-hydrogen) atoms. The zero-order chi connectivity index (χ0) is 27.9. The van der Waals surface area contributed by atoms with Crippen LogP contribution in [0.25, 0.3) is 45.4 Å². The largest absolute Gasteiger partial charge is 0.438 e. The molecule has 0 spiro atoms. The maximum atomic E-state index is 13.9. The summed E-state index contributed by atoms with van der Waals surface area (Å²) in [5.41, 5.74) is 12.3. The first-order valence-corrected chi connectivity index (χ1v) is 13.0. The van der Waals surface area contributed by atoms with Crippen LogP contribution in [0.15, 0.2) is 95.5 Å². The molecule has 8 heteroatoms. The molecule has 1 amide bonds. The summed E-state index contributed by atoms with van der Waals surface area (Å²) < 4.78 is 11.7. The van der Waals surface area contributed by atoms with Crippen LogP contribution >= 0.6 is 0 Å². The molecule has 3 N–H and O–H groups in total. The molecule has 198 valence electrons. The molecule has 1 aliphatic heterocycles. The highest BCUT2D eigenvalue weighted by atomic mass is 16.5. The molecule has 7 rings (SSSR count). The Kier molecular flexibility index (Phi) is 5.79. The average Bonchev–Trinajstić information content (AvgIpc) is 3.35. The first kappa shape index (κ1) is 24.3. The maximum absolute atomic E-state index is 13.9. The van der Waals surface area contributed by atoms with Crippen LogP contribution in [0.2, 0.25) is 0 Å². The second-order valence-corrected chi connectivity index (χ2v) is 9.63. The number of hydrogen-bond donors (Lipinski definition) is 2. The summed E-state index contributed by atoms with van der Waals surface area (Å²) in [7, 11) is 0. The van der Waals surface area contributed by atoms with Crippen LogP contribution in [-0.2, 0) is 0 Å². The van der Waals surface area contributed by atoms with E-state index >= 15 is 0 Å². The van der Waals surface area contributed by atoms with Gasteiger partial charge in [0.05, 0.1) is 16.6 Å². The number of carbonyl (C=O) groups is 1. The van der Waals surface area contributed by atoms with Crippen LogP contribution in [0.5, 0.6) is 11.6 Å². The van der Waals surface area contributed by atoms with Gasteiger partial charge in [0.25, 0.3) is 5.91 Å². The standard InChI is InChI=1S/C33H23N5O3/c1-19-29(26(41-38-19)17-16-20-10-4-2-5-11-20)36-32(39)28-30-27-23(18-24(35-30)21-12-6-3-7-13-21)22-14-8-9-15-25(22)40-33(27)37-31(28)34/h2-18H,1H3,(H2,34,37)(H,36,39)/b17-16+. The van der Waals surface area contributed by atoms with Crippen LogP contribution in [0.4, 0.5) is 11.5 Å². The number of pyridine rings is 2. The van der Waals surface area contributed by atoms with Gasteiger partial charge in [-0.05, 0) is 30.7 Å². The van der Waals surface area contributed by atoms with Crippen LogP contribution in [0.1, 0.15) is 27.4 Å². The molecule has 3 aromatic carbocycles. The van der Waals surface area contributed by atoms with Gasteiger partial charge in [-0.2, -0.15) is 4.98 Å². The second kappa shape index (κ2) is 9.77. The summed E-state index contributed by atoms with van der Waals surface area (Å²) in [5, 5.41) is 7.64. The Morgan fingerprint density at radius 2 is 1.61 bits per heavy atom. The lowest BCUT2D eigenvalue weighted by molar-refractivity contribution is 0.102. The molecule has 8 nitrogen and oxygen atoms in total. The molecule has 0 bridgehead atoms. The summed E-state index contributed by atoms with van der Waals surface area (Å²) in [6.45, 7) is 1.76. The van der Waals surface area contributed by atoms with Gasteiger partial charge >= 0.3 is 0 Å². The van der Waals surface area contributed by atoms with Crippen molar-refractivity contribution in [2.75, 3.05) is 11.1 Å². The van der Waals surface area contributed by atoms with Crippen LogP contribution < -0.4 is 15.8 Å². The molecule has 0 atom stereocenters. The third-order valence-electron chi connectivity index (χ3n) is 6.98. The molecule has 0 saturated heterocycles. The summed E-state index contributed by atoms with van der Waals surface area (Å²) in [6, 6.07) is 29.3. The van der Waals surface area contributed by atoms with Gasteiger partial charge in [0.1, 0.15) is 28.5 Å². The van der Waals surface area contributed by atoms with Crippen molar-refractivity contribution in [3.8, 4) is 34.0 Å². The normalized spacial score (nSPS) is 11.8. The molecule has 0 aliphatic carbocycles. The van der Waals surface area contributed by atoms with Gasteiger partial charge < -0.3 is 20.3 Å². The van der Waals surface area contributed by atoms with Crippen LogP contribution in [0, 0.1) is 6.92 Å². The summed E-state index contributed by atoms with van der Waals surface area (Å²) in [4.78, 5) is 23.4. The number of nitrogens with one attached hydrogen (secondary N) is 1. The predicted octanol–water partition coefficient (Wildman–Crippen LogP) is 7.37. The highest BCUT2D eigenvalue weighted by Crippen LogP contribution is 2.47. The van der Waals surface area contributed by atoms with Gasteiger partial charge in [-0.25, -0.2) is 4.98 Å². The van der Waals surface area contributed by atoms with Crippen molar-refractivity contribution in [3.63, 3.8) is 0 Å². The number of para-hydroxylation sites is 1. The lowest BCUT2D eigenvalue weighted by atomic mass is 9.95. The quantitative estimate of drug-likeness (QED) is 0.235. The minimum atomic E-state index is -0.482. The minimum Gasteiger partial charge on any atom is -0.438 e. The van der Waals surface area contributed by atoms with Crippen molar-refractivity contribution in [3.05, 3.63) is 114 Å². The maximum Gasteiger partial charge on any atom is 0.261 e. The highest BCUT2D eigenvalue weighted by molar-refractivity contribution is 6.19. The van der Waals surface area contributed by atoms with E-state index in [0.717, 1.165) is 22.3 Å². The number of anilines is 2. The Bertz CT molecular complexity index is 1980. The lowest BCUT2D eigenvalue weighted by Crippen LogP contribution is -2.18. The molecule has 3 aromatic heterocycles. The summed E-state index contributed by atoms with van der Waals surface area (Å²) in [6.07, 6.45) is 3.65. The fourth-order valence-electron chi connectivity index (χ4n) is 5.00. The van der Waals surface area contributed by atoms with Crippen molar-refractivity contribution >= 4 is 40.5 Å². The number of carbonyl (C=O) groups excluding carboxylic acids is 1. The zero-order valence-electron chi connectivity index (χ0n) is 22.0. The first-order valence-electron chi connectivity index (χ1n) is 13.0. The Morgan fingerprint density at radius 1 is 0.878 bits per heavy atom. The number of benzene rings is 3. The van der Waals surface area contributed by atoms with E-state index in [4.69, 9.17) is 20.0 Å². The summed E-state index contributed by atoms with van der Waals surface area (Å²) >= 11 is 0. The fourth-order valence-corrected chi connectivity index (χ4v) is 5.00. The molecule has 0 unspecified atom stereocenters. The zero-order valence-corrected chi connectivity index (χ0v) is 22.0. The van der Waals surface area contributed by atoms with E-state index in [0.29, 0.717) is 45.4 Å². The van der Waals surface area contributed by atoms with Gasteiger partial charge in [-0.3, -0.25) is 4.79 Å². The number of amides is 1. The smallest absolute Gasteiger partial charge is 0.261 e. The van der Waals surface area contributed by atoms with Gasteiger partial charge in [0.2, 0.25) is 5.88 Å². The van der Waals surface area contributed by atoms with Gasteiger partial charge in [0.15, 0.2) is 5.76 Å². The predicted molar refractivity (Wildman–Crippen MR) is 159 cm³/mol. The molecule has 0 saturated carbocycles. The Balaban J connectivity index is 1.37. The van der Waals surface area contributed by atoms with E-state index in [2.05, 4.69) is 15.5 Å². The van der Waals surface area contributed by atoms with Crippen molar-refractivity contribution in [1.29, 1.82) is 0 Å². The monoisotopic (exact) mass is 537 g/mol. The van der Waals surface area contributed by atoms with Gasteiger partial charge in [0, 0.05) is 16.7 Å². The van der Waals surface area contributed by atoms with Crippen molar-refractivity contribution in [2.45, 2.75) is 6.92 Å². The third kappa shape index (κ3) is 4.28. The SMILES string of the molecule is Cc1noc(/C=C/c2ccccc2)c1NC(=O)c1c(N)nc2c3c(cc(-c4ccccc4)nc13)-c1ccccc1O2. The van der Waals surface area contributed by atoms with E-state index < -0.39 is 5.91 Å². The van der Waals surface area contributed by atoms with Crippen LogP contribution in [-0.4, -0.2) is 21.0 Å². The van der Waals surface area contributed by atoms with Gasteiger partial charge in [-0.1, -0.05) is 90.1 Å². The molecule has 6 aromatic rings. The van der Waals surface area contributed by atoms with Crippen molar-refractivity contribution in [1.82, 2.24) is 15.1 Å². The average molecular weight is 538 g/mol.